The van der Waals surface area contributed by atoms with Crippen molar-refractivity contribution in [3.8, 4) is 0 Å². The number of amides is 2. The summed E-state index contributed by atoms with van der Waals surface area (Å²) in [4.78, 5) is 34.0. The first-order chi connectivity index (χ1) is 13.9. The highest BCUT2D eigenvalue weighted by molar-refractivity contribution is 5.84. The van der Waals surface area contributed by atoms with Gasteiger partial charge in [-0.05, 0) is 65.5 Å². The first-order valence-corrected chi connectivity index (χ1v) is 10.6. The summed E-state index contributed by atoms with van der Waals surface area (Å²) >= 11 is 0. The highest BCUT2D eigenvalue weighted by atomic mass is 16.6. The van der Waals surface area contributed by atoms with Crippen molar-refractivity contribution in [3.05, 3.63) is 35.9 Å². The molecular weight excluding hydrogens is 380 g/mol. The number of fused-ring (bicyclic) bond motifs is 2. The molecule has 2 aromatic rings. The SMILES string of the molecule is Cc1nc(C(C)(C)N(C)C(=O)[C@H]2[C@@H]3CN(C(=O)OC(C)(C)C)C[C@@H]32)n2ccccc12. The van der Waals surface area contributed by atoms with Crippen molar-refractivity contribution in [2.75, 3.05) is 20.1 Å². The van der Waals surface area contributed by atoms with Crippen LogP contribution in [0.1, 0.15) is 46.1 Å². The summed E-state index contributed by atoms with van der Waals surface area (Å²) in [6.45, 7) is 12.9. The van der Waals surface area contributed by atoms with Crippen molar-refractivity contribution in [2.45, 2.75) is 52.7 Å². The quantitative estimate of drug-likeness (QED) is 0.774. The number of aromatic nitrogens is 2. The maximum absolute atomic E-state index is 13.3. The van der Waals surface area contributed by atoms with Crippen LogP contribution in [0.25, 0.3) is 5.52 Å². The van der Waals surface area contributed by atoms with Crippen LogP contribution in [-0.2, 0) is 15.1 Å². The van der Waals surface area contributed by atoms with Gasteiger partial charge < -0.3 is 18.9 Å². The first-order valence-electron chi connectivity index (χ1n) is 10.6. The van der Waals surface area contributed by atoms with Gasteiger partial charge in [-0.25, -0.2) is 9.78 Å². The molecule has 7 nitrogen and oxygen atoms in total. The highest BCUT2D eigenvalue weighted by Gasteiger charge is 2.62. The number of hydrogen-bond acceptors (Lipinski definition) is 4. The standard InChI is InChI=1S/C23H32N4O3/c1-14-17-10-8-9-11-27(17)20(24-14)23(5,6)25(7)19(28)18-15-12-26(13-16(15)18)21(29)30-22(2,3)4/h8-11,15-16,18H,12-13H2,1-7H3/t15-,16+,18+. The molecule has 4 rings (SSSR count). The van der Waals surface area contributed by atoms with E-state index in [-0.39, 0.29) is 29.8 Å². The topological polar surface area (TPSA) is 67.2 Å². The van der Waals surface area contributed by atoms with Crippen molar-refractivity contribution in [1.82, 2.24) is 19.2 Å². The predicted molar refractivity (Wildman–Crippen MR) is 114 cm³/mol. The average Bonchev–Trinajstić information content (AvgIpc) is 2.99. The number of carbonyl (C=O) groups excluding carboxylic acids is 2. The Bertz CT molecular complexity index is 992. The molecule has 3 atom stereocenters. The zero-order valence-electron chi connectivity index (χ0n) is 19.0. The van der Waals surface area contributed by atoms with E-state index in [9.17, 15) is 9.59 Å². The van der Waals surface area contributed by atoms with Gasteiger partial charge in [-0.2, -0.15) is 0 Å². The Labute approximate surface area is 178 Å². The Morgan fingerprint density at radius 2 is 1.77 bits per heavy atom. The molecule has 2 fully saturated rings. The van der Waals surface area contributed by atoms with E-state index in [0.29, 0.717) is 13.1 Å². The lowest BCUT2D eigenvalue weighted by atomic mass is 10.0. The molecule has 2 amide bonds. The normalized spacial score (nSPS) is 23.4. The maximum Gasteiger partial charge on any atom is 0.410 e. The molecule has 1 aliphatic carbocycles. The fourth-order valence-corrected chi connectivity index (χ4v) is 4.64. The van der Waals surface area contributed by atoms with E-state index in [4.69, 9.17) is 9.72 Å². The van der Waals surface area contributed by atoms with E-state index in [1.54, 1.807) is 4.90 Å². The number of pyridine rings is 1. The highest BCUT2D eigenvalue weighted by Crippen LogP contribution is 2.53. The Kier molecular flexibility index (Phi) is 4.64. The minimum absolute atomic E-state index is 0.0275. The van der Waals surface area contributed by atoms with Crippen molar-refractivity contribution in [2.24, 2.45) is 17.8 Å². The van der Waals surface area contributed by atoms with Crippen molar-refractivity contribution < 1.29 is 14.3 Å². The Morgan fingerprint density at radius 1 is 1.13 bits per heavy atom. The van der Waals surface area contributed by atoms with Crippen LogP contribution in [0.15, 0.2) is 24.4 Å². The molecule has 1 saturated heterocycles. The number of carbonyl (C=O) groups is 2. The van der Waals surface area contributed by atoms with Crippen LogP contribution in [0.4, 0.5) is 4.79 Å². The van der Waals surface area contributed by atoms with Gasteiger partial charge in [0.1, 0.15) is 11.4 Å². The number of nitrogens with zero attached hydrogens (tertiary/aromatic N) is 4. The average molecular weight is 413 g/mol. The summed E-state index contributed by atoms with van der Waals surface area (Å²) in [5, 5.41) is 0. The van der Waals surface area contributed by atoms with Gasteiger partial charge in [-0.3, -0.25) is 4.79 Å². The van der Waals surface area contributed by atoms with Gasteiger partial charge in [0.2, 0.25) is 5.91 Å². The molecule has 0 unspecified atom stereocenters. The zero-order valence-corrected chi connectivity index (χ0v) is 19.0. The molecule has 0 aromatic carbocycles. The third kappa shape index (κ3) is 3.34. The smallest absolute Gasteiger partial charge is 0.410 e. The summed E-state index contributed by atoms with van der Waals surface area (Å²) in [7, 11) is 1.86. The second-order valence-electron chi connectivity index (χ2n) is 10.2. The van der Waals surface area contributed by atoms with E-state index in [1.807, 2.05) is 77.9 Å². The van der Waals surface area contributed by atoms with Crippen molar-refractivity contribution in [3.63, 3.8) is 0 Å². The number of ether oxygens (including phenoxy) is 1. The van der Waals surface area contributed by atoms with Crippen LogP contribution in [0, 0.1) is 24.7 Å². The number of rotatable bonds is 3. The summed E-state index contributed by atoms with van der Waals surface area (Å²) in [6, 6.07) is 6.02. The summed E-state index contributed by atoms with van der Waals surface area (Å²) in [6.07, 6.45) is 1.71. The van der Waals surface area contributed by atoms with Crippen LogP contribution in [-0.4, -0.2) is 56.9 Å². The molecular formula is C23H32N4O3. The summed E-state index contributed by atoms with van der Waals surface area (Å²) in [5.74, 6) is 1.40. The Balaban J connectivity index is 1.46. The lowest BCUT2D eigenvalue weighted by Gasteiger charge is -2.35. The Morgan fingerprint density at radius 3 is 2.37 bits per heavy atom. The summed E-state index contributed by atoms with van der Waals surface area (Å²) < 4.78 is 7.54. The van der Waals surface area contributed by atoms with Gasteiger partial charge in [0.15, 0.2) is 0 Å². The molecule has 0 bridgehead atoms. The minimum atomic E-state index is -0.558. The van der Waals surface area contributed by atoms with Gasteiger partial charge in [-0.15, -0.1) is 0 Å². The number of hydrogen-bond donors (Lipinski definition) is 0. The predicted octanol–water partition coefficient (Wildman–Crippen LogP) is 3.45. The van der Waals surface area contributed by atoms with Crippen molar-refractivity contribution in [1.29, 1.82) is 0 Å². The molecule has 0 spiro atoms. The van der Waals surface area contributed by atoms with Gasteiger partial charge in [0, 0.05) is 32.3 Å². The number of piperidine rings is 1. The number of imidazole rings is 1. The monoisotopic (exact) mass is 412 g/mol. The zero-order chi connectivity index (χ0) is 22.0. The molecule has 1 aliphatic heterocycles. The maximum atomic E-state index is 13.3. The lowest BCUT2D eigenvalue weighted by molar-refractivity contribution is -0.137. The largest absolute Gasteiger partial charge is 0.444 e. The molecule has 0 radical (unpaired) electrons. The molecule has 30 heavy (non-hydrogen) atoms. The van der Waals surface area contributed by atoms with Crippen molar-refractivity contribution >= 4 is 17.5 Å². The minimum Gasteiger partial charge on any atom is -0.444 e. The van der Waals surface area contributed by atoms with Crippen LogP contribution >= 0.6 is 0 Å². The van der Waals surface area contributed by atoms with E-state index in [1.165, 1.54) is 0 Å². The molecule has 2 aromatic heterocycles. The fraction of sp³-hybridized carbons (Fsp3) is 0.609. The molecule has 162 valence electrons. The van der Waals surface area contributed by atoms with Gasteiger partial charge in [-0.1, -0.05) is 6.07 Å². The van der Waals surface area contributed by atoms with Gasteiger partial charge >= 0.3 is 6.09 Å². The van der Waals surface area contributed by atoms with Crippen LogP contribution in [0.2, 0.25) is 0 Å². The third-order valence-corrected chi connectivity index (χ3v) is 6.58. The van der Waals surface area contributed by atoms with Crippen LogP contribution < -0.4 is 0 Å². The van der Waals surface area contributed by atoms with Crippen LogP contribution in [0.5, 0.6) is 0 Å². The van der Waals surface area contributed by atoms with E-state index < -0.39 is 11.1 Å². The third-order valence-electron chi connectivity index (χ3n) is 6.58. The van der Waals surface area contributed by atoms with E-state index in [2.05, 4.69) is 4.40 Å². The lowest BCUT2D eigenvalue weighted by Crippen LogP contribution is -2.46. The van der Waals surface area contributed by atoms with Crippen LogP contribution in [0.3, 0.4) is 0 Å². The molecule has 0 N–H and O–H groups in total. The second-order valence-corrected chi connectivity index (χ2v) is 10.2. The molecule has 7 heteroatoms. The van der Waals surface area contributed by atoms with Gasteiger partial charge in [0.05, 0.1) is 16.7 Å². The Hall–Kier alpha value is -2.57. The number of aryl methyl sites for hydroxylation is 1. The van der Waals surface area contributed by atoms with E-state index in [0.717, 1.165) is 17.0 Å². The molecule has 3 heterocycles. The fourth-order valence-electron chi connectivity index (χ4n) is 4.64. The summed E-state index contributed by atoms with van der Waals surface area (Å²) in [5.41, 5.74) is 0.944. The number of likely N-dealkylation sites (tertiary alicyclic amines) is 1. The second kappa shape index (κ2) is 6.72. The molecule has 1 saturated carbocycles. The first kappa shape index (κ1) is 20.7. The molecule has 2 aliphatic rings. The van der Waals surface area contributed by atoms with Gasteiger partial charge in [0.25, 0.3) is 0 Å². The van der Waals surface area contributed by atoms with E-state index >= 15 is 0 Å².